The van der Waals surface area contributed by atoms with Crippen LogP contribution in [-0.4, -0.2) is 22.6 Å². The first-order valence-electron chi connectivity index (χ1n) is 9.81. The van der Waals surface area contributed by atoms with E-state index in [0.717, 1.165) is 23.5 Å². The lowest BCUT2D eigenvalue weighted by molar-refractivity contribution is -0.149. The Morgan fingerprint density at radius 2 is 1.97 bits per heavy atom. The number of anilines is 1. The fourth-order valence-electron chi connectivity index (χ4n) is 4.28. The normalized spacial score (nSPS) is 21.4. The van der Waals surface area contributed by atoms with Crippen molar-refractivity contribution in [3.05, 3.63) is 74.2 Å². The Balaban J connectivity index is 1.52. The van der Waals surface area contributed by atoms with Crippen LogP contribution in [0.2, 0.25) is 0 Å². The number of carbonyl (C=O) groups is 2. The summed E-state index contributed by atoms with van der Waals surface area (Å²) in [6.07, 6.45) is -4.87. The number of halogens is 3. The maximum absolute atomic E-state index is 13.3. The molecule has 1 amide bonds. The van der Waals surface area contributed by atoms with E-state index in [1.807, 2.05) is 0 Å². The molecule has 0 spiro atoms. The smallest absolute Gasteiger partial charge is 0.416 e. The number of H-pyrrole nitrogens is 1. The third-order valence-corrected chi connectivity index (χ3v) is 8.07. The predicted octanol–water partition coefficient (Wildman–Crippen LogP) is 4.63. The maximum Gasteiger partial charge on any atom is 0.416 e. The molecule has 170 valence electrons. The Morgan fingerprint density at radius 3 is 2.76 bits per heavy atom. The zero-order valence-electron chi connectivity index (χ0n) is 16.7. The van der Waals surface area contributed by atoms with Gasteiger partial charge in [0.25, 0.3) is 0 Å². The molecule has 2 aliphatic rings. The Bertz CT molecular complexity index is 1330. The molecule has 11 heteroatoms. The summed E-state index contributed by atoms with van der Waals surface area (Å²) >= 11 is 2.23. The molecule has 2 N–H and O–H groups in total. The number of benzene rings is 2. The van der Waals surface area contributed by atoms with Crippen LogP contribution in [-0.2, 0) is 15.8 Å². The molecule has 2 aromatic carbocycles. The topological polar surface area (TPSA) is 88.3 Å². The highest BCUT2D eigenvalue weighted by Crippen LogP contribution is 2.58. The van der Waals surface area contributed by atoms with Gasteiger partial charge in [0.15, 0.2) is 0 Å². The van der Waals surface area contributed by atoms with Gasteiger partial charge in [0, 0.05) is 34.2 Å². The number of hydrogen-bond donors (Lipinski definition) is 2. The van der Waals surface area contributed by atoms with Crippen LogP contribution in [0.3, 0.4) is 0 Å². The molecule has 0 aliphatic carbocycles. The van der Waals surface area contributed by atoms with Gasteiger partial charge < -0.3 is 15.0 Å². The predicted molar refractivity (Wildman–Crippen MR) is 117 cm³/mol. The number of para-hydroxylation sites is 1. The first-order valence-corrected chi connectivity index (χ1v) is 11.6. The molecule has 0 unspecified atom stereocenters. The minimum atomic E-state index is -4.55. The summed E-state index contributed by atoms with van der Waals surface area (Å²) in [7, 11) is 0. The number of thiazole rings is 1. The Labute approximate surface area is 193 Å². The van der Waals surface area contributed by atoms with Crippen LogP contribution < -0.4 is 14.9 Å². The summed E-state index contributed by atoms with van der Waals surface area (Å²) in [6.45, 7) is 0. The van der Waals surface area contributed by atoms with E-state index in [9.17, 15) is 27.6 Å². The third kappa shape index (κ3) is 3.74. The van der Waals surface area contributed by atoms with Crippen molar-refractivity contribution in [1.82, 2.24) is 4.98 Å². The number of aromatic nitrogens is 1. The summed E-state index contributed by atoms with van der Waals surface area (Å²) in [5, 5.41) is 3.13. The van der Waals surface area contributed by atoms with Gasteiger partial charge in [0.05, 0.1) is 16.0 Å². The molecule has 2 atom stereocenters. The summed E-state index contributed by atoms with van der Waals surface area (Å²) in [6, 6.07) is 11.2. The first-order chi connectivity index (χ1) is 15.7. The second kappa shape index (κ2) is 7.77. The molecule has 1 aromatic heterocycles. The molecule has 3 aromatic rings. The lowest BCUT2D eigenvalue weighted by Gasteiger charge is -2.44. The summed E-state index contributed by atoms with van der Waals surface area (Å²) < 4.78 is 44.7. The van der Waals surface area contributed by atoms with Crippen LogP contribution >= 0.6 is 23.1 Å². The van der Waals surface area contributed by atoms with E-state index < -0.39 is 34.9 Å². The molecular weight excluding hydrogens is 477 g/mol. The molecular formula is C22H15F3N2O4S2. The molecule has 0 fully saturated rings. The van der Waals surface area contributed by atoms with Gasteiger partial charge in [-0.1, -0.05) is 35.6 Å². The number of alkyl halides is 3. The molecule has 0 saturated heterocycles. The van der Waals surface area contributed by atoms with E-state index in [0.29, 0.717) is 21.2 Å². The fraction of sp³-hybridized carbons (Fsp3) is 0.227. The number of aromatic amines is 1. The van der Waals surface area contributed by atoms with Crippen molar-refractivity contribution >= 4 is 40.7 Å². The van der Waals surface area contributed by atoms with Gasteiger partial charge in [-0.3, -0.25) is 14.4 Å². The molecule has 0 radical (unpaired) electrons. The Morgan fingerprint density at radius 1 is 1.18 bits per heavy atom. The number of rotatable bonds is 3. The van der Waals surface area contributed by atoms with Crippen molar-refractivity contribution in [2.75, 3.05) is 11.1 Å². The number of ether oxygens (including phenoxy) is 1. The summed E-state index contributed by atoms with van der Waals surface area (Å²) in [5.41, 5.74) is -1.55. The average molecular weight is 493 g/mol. The summed E-state index contributed by atoms with van der Waals surface area (Å²) in [5.74, 6) is -1.30. The lowest BCUT2D eigenvalue weighted by atomic mass is 9.68. The number of carbonyl (C=O) groups excluding carboxylic acids is 2. The van der Waals surface area contributed by atoms with Crippen molar-refractivity contribution in [1.29, 1.82) is 0 Å². The van der Waals surface area contributed by atoms with E-state index in [4.69, 9.17) is 4.74 Å². The van der Waals surface area contributed by atoms with Gasteiger partial charge in [-0.2, -0.15) is 13.2 Å². The van der Waals surface area contributed by atoms with Crippen molar-refractivity contribution in [3.8, 4) is 5.75 Å². The van der Waals surface area contributed by atoms with Crippen LogP contribution in [0.25, 0.3) is 0 Å². The highest BCUT2D eigenvalue weighted by Gasteiger charge is 2.57. The minimum Gasteiger partial charge on any atom is -0.426 e. The largest absolute Gasteiger partial charge is 0.426 e. The van der Waals surface area contributed by atoms with Crippen molar-refractivity contribution in [2.24, 2.45) is 5.41 Å². The van der Waals surface area contributed by atoms with E-state index in [1.54, 1.807) is 24.3 Å². The number of hydrogen-bond acceptors (Lipinski definition) is 6. The number of thioether (sulfide) groups is 1. The maximum atomic E-state index is 13.3. The average Bonchev–Trinajstić information content (AvgIpc) is 3.13. The molecule has 6 nitrogen and oxygen atoms in total. The quantitative estimate of drug-likeness (QED) is 0.411. The van der Waals surface area contributed by atoms with Gasteiger partial charge in [0.2, 0.25) is 5.91 Å². The Hall–Kier alpha value is -3.05. The van der Waals surface area contributed by atoms with Gasteiger partial charge >= 0.3 is 17.0 Å². The molecule has 33 heavy (non-hydrogen) atoms. The second-order valence-corrected chi connectivity index (χ2v) is 9.82. The third-order valence-electron chi connectivity index (χ3n) is 5.72. The summed E-state index contributed by atoms with van der Waals surface area (Å²) in [4.78, 5) is 41.5. The van der Waals surface area contributed by atoms with E-state index in [-0.39, 0.29) is 22.7 Å². The monoisotopic (exact) mass is 492 g/mol. The van der Waals surface area contributed by atoms with Crippen molar-refractivity contribution in [2.45, 2.75) is 23.5 Å². The van der Waals surface area contributed by atoms with Gasteiger partial charge in [-0.15, -0.1) is 11.8 Å². The molecule has 0 saturated carbocycles. The van der Waals surface area contributed by atoms with Crippen LogP contribution in [0.4, 0.5) is 18.9 Å². The zero-order chi connectivity index (χ0) is 23.4. The molecule has 3 heterocycles. The van der Waals surface area contributed by atoms with E-state index >= 15 is 0 Å². The SMILES string of the molecule is O=C(C[C@]12CSc3[nH]c(=O)sc3[C@H]1c1ccccc1OC2=O)Nc1cccc(C(F)(F)F)c1. The number of nitrogens with one attached hydrogen (secondary N) is 2. The van der Waals surface area contributed by atoms with Gasteiger partial charge in [-0.05, 0) is 24.3 Å². The second-order valence-electron chi connectivity index (χ2n) is 7.82. The number of amides is 1. The van der Waals surface area contributed by atoms with E-state index in [1.165, 1.54) is 23.9 Å². The van der Waals surface area contributed by atoms with Gasteiger partial charge in [-0.25, -0.2) is 0 Å². The number of esters is 1. The zero-order valence-corrected chi connectivity index (χ0v) is 18.3. The fourth-order valence-corrected chi connectivity index (χ4v) is 6.82. The Kier molecular flexibility index (Phi) is 5.13. The molecule has 0 bridgehead atoms. The minimum absolute atomic E-state index is 0.0252. The van der Waals surface area contributed by atoms with Crippen LogP contribution in [0.1, 0.15) is 28.3 Å². The van der Waals surface area contributed by atoms with Crippen LogP contribution in [0.15, 0.2) is 58.4 Å². The van der Waals surface area contributed by atoms with Gasteiger partial charge in [0.1, 0.15) is 5.75 Å². The highest BCUT2D eigenvalue weighted by molar-refractivity contribution is 7.99. The van der Waals surface area contributed by atoms with Crippen molar-refractivity contribution < 1.29 is 27.5 Å². The number of fused-ring (bicyclic) bond motifs is 5. The standard InChI is InChI=1S/C22H15F3N2O4S2/c23-22(24,25)11-4-3-5-12(8-11)26-15(28)9-21-10-32-18-17(33-20(30)27-18)16(21)13-6-1-2-7-14(13)31-19(21)29/h1-8,16H,9-10H2,(H,26,28)(H,27,30)/t16-,21+/m1/s1. The first kappa shape index (κ1) is 21.8. The molecule has 5 rings (SSSR count). The van der Waals surface area contributed by atoms with E-state index in [2.05, 4.69) is 10.3 Å². The van der Waals surface area contributed by atoms with Crippen LogP contribution in [0, 0.1) is 5.41 Å². The molecule has 2 aliphatic heterocycles. The highest BCUT2D eigenvalue weighted by atomic mass is 32.2. The van der Waals surface area contributed by atoms with Crippen LogP contribution in [0.5, 0.6) is 5.75 Å². The lowest BCUT2D eigenvalue weighted by Crippen LogP contribution is -2.49. The van der Waals surface area contributed by atoms with Crippen molar-refractivity contribution in [3.63, 3.8) is 0 Å².